The summed E-state index contributed by atoms with van der Waals surface area (Å²) in [5.74, 6) is 1.65. The fourth-order valence-corrected chi connectivity index (χ4v) is 6.37. The number of sulfonamides is 1. The van der Waals surface area contributed by atoms with Gasteiger partial charge in [0.2, 0.25) is 11.8 Å². The molecule has 0 amide bonds. The Hall–Kier alpha value is -3.74. The van der Waals surface area contributed by atoms with Gasteiger partial charge in [-0.2, -0.15) is 4.98 Å². The zero-order chi connectivity index (χ0) is 27.1. The van der Waals surface area contributed by atoms with Crippen LogP contribution in [0.2, 0.25) is 5.02 Å². The van der Waals surface area contributed by atoms with Gasteiger partial charge in [0, 0.05) is 49.4 Å². The van der Waals surface area contributed by atoms with Gasteiger partial charge >= 0.3 is 0 Å². The third kappa shape index (κ3) is 4.79. The van der Waals surface area contributed by atoms with Gasteiger partial charge in [-0.3, -0.25) is 4.72 Å². The second-order valence-corrected chi connectivity index (χ2v) is 11.5. The van der Waals surface area contributed by atoms with Crippen molar-refractivity contribution in [3.05, 3.63) is 53.3 Å². The van der Waals surface area contributed by atoms with E-state index in [9.17, 15) is 8.42 Å². The zero-order valence-electron chi connectivity index (χ0n) is 21.3. The van der Waals surface area contributed by atoms with Crippen LogP contribution in [0.15, 0.2) is 47.6 Å². The number of fused-ring (bicyclic) bond motifs is 4. The van der Waals surface area contributed by atoms with Crippen LogP contribution in [0.5, 0.6) is 5.88 Å². The Morgan fingerprint density at radius 2 is 2.00 bits per heavy atom. The highest BCUT2D eigenvalue weighted by atomic mass is 35.5. The monoisotopic (exact) mass is 567 g/mol. The van der Waals surface area contributed by atoms with Crippen molar-refractivity contribution in [2.75, 3.05) is 55.4 Å². The standard InChI is InChI=1S/C26H26ClN7O4S/c1-28-26-30-10-16-8-20-18-4-3-5-21(33-39(35,36)22-9-17(27)11-29-25(22)37-2)19(18)6-7-34(12-15-13-38-14-15)24(20)31-23(16)32-26/h3-5,8-11,15,33H,6-7,12-14H2,1-2H3,(H,28,30,31,32). The molecule has 2 aliphatic heterocycles. The SMILES string of the molecule is CNc1ncc2cc3c(nc2n1)N(CC1COC1)CCc1c(NS(=O)(=O)c2cc(Cl)cnc2OC)cccc1-3. The molecule has 0 aliphatic carbocycles. The third-order valence-corrected chi connectivity index (χ3v) is 8.43. The molecule has 6 rings (SSSR count). The number of nitrogens with zero attached hydrogens (tertiary/aromatic N) is 5. The van der Waals surface area contributed by atoms with E-state index in [0.29, 0.717) is 49.4 Å². The molecular formula is C26H26ClN7O4S. The molecule has 11 nitrogen and oxygen atoms in total. The van der Waals surface area contributed by atoms with Crippen LogP contribution in [0.1, 0.15) is 5.56 Å². The first-order chi connectivity index (χ1) is 18.9. The number of halogens is 1. The van der Waals surface area contributed by atoms with Gasteiger partial charge < -0.3 is 19.7 Å². The van der Waals surface area contributed by atoms with Gasteiger partial charge in [0.25, 0.3) is 10.0 Å². The fourth-order valence-electron chi connectivity index (χ4n) is 4.90. The van der Waals surface area contributed by atoms with Crippen molar-refractivity contribution in [1.29, 1.82) is 0 Å². The number of methoxy groups -OCH3 is 1. The molecule has 0 atom stereocenters. The summed E-state index contributed by atoms with van der Waals surface area (Å²) in [6.07, 6.45) is 3.67. The lowest BCUT2D eigenvalue weighted by Crippen LogP contribution is -2.40. The predicted molar refractivity (Wildman–Crippen MR) is 149 cm³/mol. The normalized spacial score (nSPS) is 15.2. The van der Waals surface area contributed by atoms with Crippen molar-refractivity contribution in [2.45, 2.75) is 11.3 Å². The van der Waals surface area contributed by atoms with Gasteiger partial charge in [0.05, 0.1) is 31.0 Å². The lowest BCUT2D eigenvalue weighted by molar-refractivity contribution is -0.0276. The van der Waals surface area contributed by atoms with Gasteiger partial charge in [-0.15, -0.1) is 0 Å². The molecule has 1 saturated heterocycles. The Kier molecular flexibility index (Phi) is 6.61. The van der Waals surface area contributed by atoms with Crippen LogP contribution in [0, 0.1) is 5.92 Å². The molecular weight excluding hydrogens is 542 g/mol. The molecule has 4 aromatic rings. The van der Waals surface area contributed by atoms with Gasteiger partial charge in [-0.05, 0) is 35.7 Å². The first-order valence-electron chi connectivity index (χ1n) is 12.4. The largest absolute Gasteiger partial charge is 0.480 e. The summed E-state index contributed by atoms with van der Waals surface area (Å²) in [5.41, 5.74) is 3.69. The maximum Gasteiger partial charge on any atom is 0.267 e. The second kappa shape index (κ2) is 10.1. The van der Waals surface area contributed by atoms with Crippen LogP contribution in [-0.4, -0.2) is 68.8 Å². The Morgan fingerprint density at radius 3 is 2.74 bits per heavy atom. The molecule has 3 aromatic heterocycles. The molecule has 0 saturated carbocycles. The van der Waals surface area contributed by atoms with Crippen molar-refractivity contribution in [2.24, 2.45) is 5.92 Å². The van der Waals surface area contributed by atoms with E-state index < -0.39 is 10.0 Å². The molecule has 0 spiro atoms. The lowest BCUT2D eigenvalue weighted by Gasteiger charge is -2.33. The number of ether oxygens (including phenoxy) is 2. The van der Waals surface area contributed by atoms with Crippen molar-refractivity contribution in [1.82, 2.24) is 19.9 Å². The molecule has 202 valence electrons. The second-order valence-electron chi connectivity index (χ2n) is 9.41. The molecule has 5 heterocycles. The van der Waals surface area contributed by atoms with Crippen molar-refractivity contribution < 1.29 is 17.9 Å². The molecule has 0 radical (unpaired) electrons. The number of aromatic nitrogens is 4. The summed E-state index contributed by atoms with van der Waals surface area (Å²) in [6.45, 7) is 2.83. The van der Waals surface area contributed by atoms with Crippen molar-refractivity contribution >= 4 is 50.1 Å². The van der Waals surface area contributed by atoms with E-state index in [-0.39, 0.29) is 15.8 Å². The Morgan fingerprint density at radius 1 is 1.15 bits per heavy atom. The molecule has 0 bridgehead atoms. The van der Waals surface area contributed by atoms with Crippen LogP contribution in [-0.2, 0) is 21.2 Å². The molecule has 1 fully saturated rings. The fraction of sp³-hybridized carbons (Fsp3) is 0.308. The Labute approximate surface area is 230 Å². The van der Waals surface area contributed by atoms with Gasteiger partial charge in [0.1, 0.15) is 5.82 Å². The first-order valence-corrected chi connectivity index (χ1v) is 14.2. The third-order valence-electron chi connectivity index (χ3n) is 6.87. The van der Waals surface area contributed by atoms with E-state index in [2.05, 4.69) is 29.9 Å². The number of benzene rings is 1. The average Bonchev–Trinajstić information content (AvgIpc) is 3.06. The smallest absolute Gasteiger partial charge is 0.267 e. The molecule has 2 aliphatic rings. The summed E-state index contributed by atoms with van der Waals surface area (Å²) in [4.78, 5) is 20.0. The summed E-state index contributed by atoms with van der Waals surface area (Å²) in [5, 5.41) is 3.94. The van der Waals surface area contributed by atoms with Crippen LogP contribution >= 0.6 is 11.6 Å². The van der Waals surface area contributed by atoms with Crippen molar-refractivity contribution in [3.63, 3.8) is 0 Å². The van der Waals surface area contributed by atoms with Gasteiger partial charge in [0.15, 0.2) is 10.5 Å². The molecule has 1 aromatic carbocycles. The highest BCUT2D eigenvalue weighted by molar-refractivity contribution is 7.92. The minimum atomic E-state index is -4.07. The van der Waals surface area contributed by atoms with E-state index in [1.807, 2.05) is 18.2 Å². The number of anilines is 3. The highest BCUT2D eigenvalue weighted by Gasteiger charge is 2.30. The number of pyridine rings is 2. The molecule has 2 N–H and O–H groups in total. The van der Waals surface area contributed by atoms with E-state index in [0.717, 1.165) is 34.4 Å². The van der Waals surface area contributed by atoms with Crippen LogP contribution < -0.4 is 19.7 Å². The topological polar surface area (TPSA) is 131 Å². The number of nitrogens with one attached hydrogen (secondary N) is 2. The predicted octanol–water partition coefficient (Wildman–Crippen LogP) is 3.60. The summed E-state index contributed by atoms with van der Waals surface area (Å²) in [7, 11) is -0.936. The van der Waals surface area contributed by atoms with Gasteiger partial charge in [-0.25, -0.2) is 23.4 Å². The Balaban J connectivity index is 1.47. The number of rotatable bonds is 7. The minimum absolute atomic E-state index is 0.0373. The average molecular weight is 568 g/mol. The Bertz CT molecular complexity index is 1680. The van der Waals surface area contributed by atoms with Crippen molar-refractivity contribution in [3.8, 4) is 17.0 Å². The highest BCUT2D eigenvalue weighted by Crippen LogP contribution is 2.41. The lowest BCUT2D eigenvalue weighted by atomic mass is 9.97. The van der Waals surface area contributed by atoms with Gasteiger partial charge in [-0.1, -0.05) is 23.7 Å². The molecule has 39 heavy (non-hydrogen) atoms. The van der Waals surface area contributed by atoms with E-state index >= 15 is 0 Å². The van der Waals surface area contributed by atoms with Crippen LogP contribution in [0.4, 0.5) is 17.5 Å². The number of hydrogen-bond acceptors (Lipinski definition) is 10. The van der Waals surface area contributed by atoms with E-state index in [1.54, 1.807) is 19.3 Å². The first kappa shape index (κ1) is 25.5. The summed E-state index contributed by atoms with van der Waals surface area (Å²) >= 11 is 6.07. The maximum absolute atomic E-state index is 13.5. The molecule has 0 unspecified atom stereocenters. The molecule has 13 heteroatoms. The quantitative estimate of drug-likeness (QED) is 0.341. The van der Waals surface area contributed by atoms with Crippen LogP contribution in [0.25, 0.3) is 22.2 Å². The summed E-state index contributed by atoms with van der Waals surface area (Å²) < 4.78 is 40.4. The zero-order valence-corrected chi connectivity index (χ0v) is 22.9. The minimum Gasteiger partial charge on any atom is -0.480 e. The van der Waals surface area contributed by atoms with E-state index in [1.165, 1.54) is 19.4 Å². The van der Waals surface area contributed by atoms with E-state index in [4.69, 9.17) is 26.1 Å². The van der Waals surface area contributed by atoms with Crippen LogP contribution in [0.3, 0.4) is 0 Å². The maximum atomic E-state index is 13.5. The number of hydrogen-bond donors (Lipinski definition) is 2. The summed E-state index contributed by atoms with van der Waals surface area (Å²) in [6, 6.07) is 8.92.